The van der Waals surface area contributed by atoms with Crippen LogP contribution in [-0.2, 0) is 11.2 Å². The van der Waals surface area contributed by atoms with E-state index in [1.54, 1.807) is 0 Å². The van der Waals surface area contributed by atoms with Crippen molar-refractivity contribution >= 4 is 21.4 Å². The first-order valence-electron chi connectivity index (χ1n) is 7.75. The van der Waals surface area contributed by atoms with Crippen LogP contribution in [0.15, 0.2) is 29.6 Å². The van der Waals surface area contributed by atoms with E-state index in [1.807, 2.05) is 11.3 Å². The van der Waals surface area contributed by atoms with E-state index in [4.69, 9.17) is 4.74 Å². The Kier molecular flexibility index (Phi) is 4.08. The van der Waals surface area contributed by atoms with Crippen molar-refractivity contribution in [3.8, 4) is 0 Å². The monoisotopic (exact) mass is 303 g/mol. The maximum atomic E-state index is 5.75. The zero-order chi connectivity index (χ0) is 14.9. The van der Waals surface area contributed by atoms with E-state index in [2.05, 4.69) is 55.7 Å². The summed E-state index contributed by atoms with van der Waals surface area (Å²) in [6, 6.07) is 8.73. The van der Waals surface area contributed by atoms with Crippen molar-refractivity contribution in [3.63, 3.8) is 0 Å². The molecule has 2 aromatic rings. The van der Waals surface area contributed by atoms with Crippen molar-refractivity contribution in [3.05, 3.63) is 35.2 Å². The van der Waals surface area contributed by atoms with Gasteiger partial charge in [0, 0.05) is 28.8 Å². The van der Waals surface area contributed by atoms with Crippen molar-refractivity contribution in [2.24, 2.45) is 5.41 Å². The molecule has 1 aromatic carbocycles. The van der Waals surface area contributed by atoms with Crippen LogP contribution in [0.4, 0.5) is 0 Å². The zero-order valence-corrected chi connectivity index (χ0v) is 14.1. The van der Waals surface area contributed by atoms with Gasteiger partial charge in [0.1, 0.15) is 0 Å². The molecule has 0 aliphatic carbocycles. The van der Waals surface area contributed by atoms with Gasteiger partial charge in [-0.25, -0.2) is 0 Å². The topological polar surface area (TPSA) is 21.3 Å². The van der Waals surface area contributed by atoms with Crippen molar-refractivity contribution in [2.75, 3.05) is 19.8 Å². The van der Waals surface area contributed by atoms with E-state index in [1.165, 1.54) is 15.6 Å². The van der Waals surface area contributed by atoms with E-state index in [-0.39, 0.29) is 11.0 Å². The molecule has 0 bridgehead atoms. The predicted octanol–water partition coefficient (Wildman–Crippen LogP) is 4.24. The van der Waals surface area contributed by atoms with Crippen molar-refractivity contribution in [1.29, 1.82) is 0 Å². The highest BCUT2D eigenvalue weighted by Crippen LogP contribution is 2.36. The summed E-state index contributed by atoms with van der Waals surface area (Å²) in [6.07, 6.45) is 2.26. The van der Waals surface area contributed by atoms with Crippen LogP contribution in [-0.4, -0.2) is 25.3 Å². The zero-order valence-electron chi connectivity index (χ0n) is 13.2. The quantitative estimate of drug-likeness (QED) is 0.912. The van der Waals surface area contributed by atoms with Crippen LogP contribution in [0.25, 0.3) is 10.1 Å². The second-order valence-corrected chi connectivity index (χ2v) is 8.25. The first-order chi connectivity index (χ1) is 9.98. The highest BCUT2D eigenvalue weighted by Gasteiger charge is 2.36. The molecule has 1 aliphatic rings. The van der Waals surface area contributed by atoms with Crippen LogP contribution in [0, 0.1) is 5.41 Å². The number of fused-ring (bicyclic) bond motifs is 1. The standard InChI is InChI=1S/C18H25NOS/c1-17(2,3)19-12-18(8-9-20-13-18)10-14-11-21-16-7-5-4-6-15(14)16/h4-7,11,19H,8-10,12-13H2,1-3H3. The molecule has 0 amide bonds. The van der Waals surface area contributed by atoms with Crippen LogP contribution in [0.2, 0.25) is 0 Å². The Balaban J connectivity index is 1.82. The number of ether oxygens (including phenoxy) is 1. The van der Waals surface area contributed by atoms with Gasteiger partial charge in [-0.2, -0.15) is 0 Å². The van der Waals surface area contributed by atoms with Crippen molar-refractivity contribution < 1.29 is 4.74 Å². The Morgan fingerprint density at radius 1 is 1.29 bits per heavy atom. The predicted molar refractivity (Wildman–Crippen MR) is 91.2 cm³/mol. The second kappa shape index (κ2) is 5.71. The molecule has 1 aliphatic heterocycles. The van der Waals surface area contributed by atoms with Crippen molar-refractivity contribution in [2.45, 2.75) is 39.2 Å². The van der Waals surface area contributed by atoms with Crippen LogP contribution in [0.5, 0.6) is 0 Å². The molecule has 2 heterocycles. The van der Waals surface area contributed by atoms with E-state index in [0.29, 0.717) is 0 Å². The molecule has 1 saturated heterocycles. The molecular formula is C18H25NOS. The first kappa shape index (κ1) is 15.0. The summed E-state index contributed by atoms with van der Waals surface area (Å²) in [4.78, 5) is 0. The van der Waals surface area contributed by atoms with Crippen LogP contribution >= 0.6 is 11.3 Å². The maximum Gasteiger partial charge on any atom is 0.0538 e. The minimum Gasteiger partial charge on any atom is -0.381 e. The van der Waals surface area contributed by atoms with Gasteiger partial charge in [-0.3, -0.25) is 0 Å². The van der Waals surface area contributed by atoms with E-state index >= 15 is 0 Å². The summed E-state index contributed by atoms with van der Waals surface area (Å²) in [5, 5.41) is 7.44. The fraction of sp³-hybridized carbons (Fsp3) is 0.556. The lowest BCUT2D eigenvalue weighted by atomic mass is 9.80. The molecule has 0 radical (unpaired) electrons. The van der Waals surface area contributed by atoms with Crippen LogP contribution in [0.3, 0.4) is 0 Å². The van der Waals surface area contributed by atoms with E-state index in [0.717, 1.165) is 32.6 Å². The smallest absolute Gasteiger partial charge is 0.0538 e. The van der Waals surface area contributed by atoms with E-state index < -0.39 is 0 Å². The highest BCUT2D eigenvalue weighted by atomic mass is 32.1. The largest absolute Gasteiger partial charge is 0.381 e. The maximum absolute atomic E-state index is 5.75. The molecule has 114 valence electrons. The van der Waals surface area contributed by atoms with Crippen LogP contribution in [0.1, 0.15) is 32.8 Å². The lowest BCUT2D eigenvalue weighted by molar-refractivity contribution is 0.144. The Labute approximate surface area is 131 Å². The number of hydrogen-bond donors (Lipinski definition) is 1. The third-order valence-corrected chi connectivity index (χ3v) is 5.32. The number of benzene rings is 1. The van der Waals surface area contributed by atoms with Crippen LogP contribution < -0.4 is 5.32 Å². The van der Waals surface area contributed by atoms with Gasteiger partial charge < -0.3 is 10.1 Å². The minimum atomic E-state index is 0.159. The van der Waals surface area contributed by atoms with Gasteiger partial charge in [-0.05, 0) is 56.0 Å². The molecule has 1 N–H and O–H groups in total. The minimum absolute atomic E-state index is 0.159. The molecule has 0 spiro atoms. The number of hydrogen-bond acceptors (Lipinski definition) is 3. The third kappa shape index (κ3) is 3.47. The van der Waals surface area contributed by atoms with Gasteiger partial charge >= 0.3 is 0 Å². The molecule has 0 saturated carbocycles. The summed E-state index contributed by atoms with van der Waals surface area (Å²) < 4.78 is 7.14. The summed E-state index contributed by atoms with van der Waals surface area (Å²) >= 11 is 1.86. The van der Waals surface area contributed by atoms with Crippen molar-refractivity contribution in [1.82, 2.24) is 5.32 Å². The lowest BCUT2D eigenvalue weighted by Crippen LogP contribution is -2.45. The van der Waals surface area contributed by atoms with Gasteiger partial charge in [0.2, 0.25) is 0 Å². The molecule has 21 heavy (non-hydrogen) atoms. The van der Waals surface area contributed by atoms with E-state index in [9.17, 15) is 0 Å². The molecule has 3 rings (SSSR count). The Bertz CT molecular complexity index is 605. The molecule has 1 fully saturated rings. The summed E-state index contributed by atoms with van der Waals surface area (Å²) in [7, 11) is 0. The Hall–Kier alpha value is -0.900. The Morgan fingerprint density at radius 2 is 2.10 bits per heavy atom. The molecule has 2 nitrogen and oxygen atoms in total. The number of rotatable bonds is 4. The summed E-state index contributed by atoms with van der Waals surface area (Å²) in [5.74, 6) is 0. The Morgan fingerprint density at radius 3 is 2.81 bits per heavy atom. The number of nitrogens with one attached hydrogen (secondary N) is 1. The highest BCUT2D eigenvalue weighted by molar-refractivity contribution is 7.17. The first-order valence-corrected chi connectivity index (χ1v) is 8.63. The molecular weight excluding hydrogens is 278 g/mol. The molecule has 1 aromatic heterocycles. The van der Waals surface area contributed by atoms with Gasteiger partial charge in [0.05, 0.1) is 6.61 Å². The fourth-order valence-electron chi connectivity index (χ4n) is 3.02. The SMILES string of the molecule is CC(C)(C)NCC1(Cc2csc3ccccc23)CCOC1. The third-order valence-electron chi connectivity index (χ3n) is 4.31. The lowest BCUT2D eigenvalue weighted by Gasteiger charge is -2.32. The summed E-state index contributed by atoms with van der Waals surface area (Å²) in [5.41, 5.74) is 1.89. The molecule has 1 atom stereocenters. The van der Waals surface area contributed by atoms with Gasteiger partial charge in [-0.15, -0.1) is 11.3 Å². The van der Waals surface area contributed by atoms with Gasteiger partial charge in [0.25, 0.3) is 0 Å². The normalized spacial score (nSPS) is 23.0. The summed E-state index contributed by atoms with van der Waals surface area (Å²) in [6.45, 7) is 9.50. The molecule has 3 heteroatoms. The van der Waals surface area contributed by atoms with Gasteiger partial charge in [0.15, 0.2) is 0 Å². The fourth-order valence-corrected chi connectivity index (χ4v) is 3.98. The second-order valence-electron chi connectivity index (χ2n) is 7.34. The average molecular weight is 303 g/mol. The number of thiophene rings is 1. The van der Waals surface area contributed by atoms with Gasteiger partial charge in [-0.1, -0.05) is 18.2 Å². The molecule has 1 unspecified atom stereocenters. The average Bonchev–Trinajstić information content (AvgIpc) is 3.05.